The Morgan fingerprint density at radius 2 is 1.83 bits per heavy atom. The van der Waals surface area contributed by atoms with Crippen LogP contribution in [0.1, 0.15) is 39.7 Å². The lowest BCUT2D eigenvalue weighted by molar-refractivity contribution is -0.136. The molecule has 0 saturated heterocycles. The summed E-state index contributed by atoms with van der Waals surface area (Å²) in [5, 5.41) is 10.2. The molecule has 0 aliphatic carbocycles. The summed E-state index contributed by atoms with van der Waals surface area (Å²) < 4.78 is 0. The summed E-state index contributed by atoms with van der Waals surface area (Å²) in [6.07, 6.45) is 0.851. The van der Waals surface area contributed by atoms with Gasteiger partial charge in [-0.3, -0.25) is 4.79 Å². The summed E-state index contributed by atoms with van der Waals surface area (Å²) in [4.78, 5) is 10.6. The van der Waals surface area contributed by atoms with Crippen LogP contribution in [-0.4, -0.2) is 19.9 Å². The Kier molecular flexibility index (Phi) is 5.60. The lowest BCUT2D eigenvalue weighted by atomic mass is 10.1. The van der Waals surface area contributed by atoms with E-state index >= 15 is 0 Å². The number of hydrogen-bond donors (Lipinski definition) is 1. The van der Waals surface area contributed by atoms with Crippen LogP contribution in [0.25, 0.3) is 0 Å². The van der Waals surface area contributed by atoms with Gasteiger partial charge in [0.15, 0.2) is 0 Å². The number of aliphatic carboxylic acids is 1. The highest BCUT2D eigenvalue weighted by Gasteiger charge is 2.22. The smallest absolute Gasteiger partial charge is 0.303 e. The van der Waals surface area contributed by atoms with Gasteiger partial charge in [-0.25, -0.2) is 0 Å². The van der Waals surface area contributed by atoms with Gasteiger partial charge in [0, 0.05) is 6.42 Å². The standard InChI is InChI=1S/C15H23O2Si/c1-11(2)18(12(3)4)14-7-5-6-13(10-14)8-9-15(16)17/h5-7,10-12H,8-9H2,1-4H3,(H,16,17). The van der Waals surface area contributed by atoms with E-state index in [-0.39, 0.29) is 6.42 Å². The highest BCUT2D eigenvalue weighted by atomic mass is 28.3. The number of benzene rings is 1. The first-order valence-corrected chi connectivity index (χ1v) is 8.25. The van der Waals surface area contributed by atoms with Crippen LogP contribution < -0.4 is 5.19 Å². The Bertz CT molecular complexity index is 391. The lowest BCUT2D eigenvalue weighted by Crippen LogP contribution is -2.36. The minimum Gasteiger partial charge on any atom is -0.481 e. The summed E-state index contributed by atoms with van der Waals surface area (Å²) >= 11 is 0. The zero-order chi connectivity index (χ0) is 13.7. The Labute approximate surface area is 112 Å². The van der Waals surface area contributed by atoms with E-state index < -0.39 is 14.8 Å². The predicted octanol–water partition coefficient (Wildman–Crippen LogP) is 3.23. The van der Waals surface area contributed by atoms with Gasteiger partial charge in [-0.05, 0) is 23.1 Å². The molecule has 2 nitrogen and oxygen atoms in total. The molecule has 99 valence electrons. The van der Waals surface area contributed by atoms with E-state index in [2.05, 4.69) is 45.9 Å². The van der Waals surface area contributed by atoms with Crippen molar-refractivity contribution in [3.05, 3.63) is 29.8 Å². The third-order valence-electron chi connectivity index (χ3n) is 3.13. The summed E-state index contributed by atoms with van der Waals surface area (Å²) in [6.45, 7) is 9.16. The molecule has 0 atom stereocenters. The average Bonchev–Trinajstić information content (AvgIpc) is 2.26. The number of aryl methyl sites for hydroxylation is 1. The molecule has 1 aromatic rings. The molecular weight excluding hydrogens is 240 g/mol. The van der Waals surface area contributed by atoms with Crippen LogP contribution in [0.5, 0.6) is 0 Å². The number of carboxylic acid groups (broad SMARTS) is 1. The molecule has 1 radical (unpaired) electrons. The molecule has 0 spiro atoms. The van der Waals surface area contributed by atoms with Crippen LogP contribution >= 0.6 is 0 Å². The van der Waals surface area contributed by atoms with Crippen LogP contribution in [-0.2, 0) is 11.2 Å². The maximum Gasteiger partial charge on any atom is 0.303 e. The van der Waals surface area contributed by atoms with Gasteiger partial charge in [0.2, 0.25) is 0 Å². The monoisotopic (exact) mass is 263 g/mol. The molecule has 1 N–H and O–H groups in total. The van der Waals surface area contributed by atoms with Gasteiger partial charge in [-0.1, -0.05) is 57.1 Å². The van der Waals surface area contributed by atoms with Gasteiger partial charge in [-0.2, -0.15) is 0 Å². The van der Waals surface area contributed by atoms with Crippen molar-refractivity contribution in [3.8, 4) is 0 Å². The molecule has 0 fully saturated rings. The number of rotatable bonds is 6. The molecule has 0 aliphatic heterocycles. The second kappa shape index (κ2) is 6.74. The zero-order valence-corrected chi connectivity index (χ0v) is 12.7. The van der Waals surface area contributed by atoms with Crippen LogP contribution in [0.15, 0.2) is 24.3 Å². The first-order chi connectivity index (χ1) is 8.41. The van der Waals surface area contributed by atoms with Crippen LogP contribution in [0.2, 0.25) is 11.1 Å². The minimum atomic E-state index is -0.723. The lowest BCUT2D eigenvalue weighted by Gasteiger charge is -2.23. The SMILES string of the molecule is CC(C)[Si](c1cccc(CCC(=O)O)c1)C(C)C. The maximum atomic E-state index is 10.6. The minimum absolute atomic E-state index is 0.217. The quantitative estimate of drug-likeness (QED) is 0.800. The Morgan fingerprint density at radius 3 is 2.33 bits per heavy atom. The molecule has 1 rings (SSSR count). The second-order valence-electron chi connectivity index (χ2n) is 5.36. The third-order valence-corrected chi connectivity index (χ3v) is 6.60. The molecule has 3 heteroatoms. The van der Waals surface area contributed by atoms with E-state index in [0.717, 1.165) is 5.56 Å². The van der Waals surface area contributed by atoms with E-state index in [4.69, 9.17) is 5.11 Å². The molecule has 0 heterocycles. The first-order valence-electron chi connectivity index (χ1n) is 6.59. The van der Waals surface area contributed by atoms with Crippen molar-refractivity contribution in [2.45, 2.75) is 51.6 Å². The summed E-state index contributed by atoms with van der Waals surface area (Å²) in [6, 6.07) is 8.53. The second-order valence-corrected chi connectivity index (χ2v) is 9.16. The van der Waals surface area contributed by atoms with Crippen molar-refractivity contribution < 1.29 is 9.90 Å². The first kappa shape index (κ1) is 15.0. The van der Waals surface area contributed by atoms with Crippen molar-refractivity contribution in [1.82, 2.24) is 0 Å². The number of hydrogen-bond acceptors (Lipinski definition) is 1. The average molecular weight is 263 g/mol. The van der Waals surface area contributed by atoms with Crippen LogP contribution in [0.3, 0.4) is 0 Å². The van der Waals surface area contributed by atoms with E-state index in [1.807, 2.05) is 6.07 Å². The summed E-state index contributed by atoms with van der Waals surface area (Å²) in [7, 11) is -0.564. The van der Waals surface area contributed by atoms with Crippen molar-refractivity contribution in [2.75, 3.05) is 0 Å². The van der Waals surface area contributed by atoms with E-state index in [9.17, 15) is 4.79 Å². The molecule has 18 heavy (non-hydrogen) atoms. The summed E-state index contributed by atoms with van der Waals surface area (Å²) in [5.74, 6) is -0.723. The van der Waals surface area contributed by atoms with Gasteiger partial charge in [0.1, 0.15) is 0 Å². The summed E-state index contributed by atoms with van der Waals surface area (Å²) in [5.41, 5.74) is 2.55. The predicted molar refractivity (Wildman–Crippen MR) is 78.0 cm³/mol. The third kappa shape index (κ3) is 4.30. The van der Waals surface area contributed by atoms with Crippen molar-refractivity contribution in [2.24, 2.45) is 0 Å². The zero-order valence-electron chi connectivity index (χ0n) is 11.7. The Morgan fingerprint density at radius 1 is 1.22 bits per heavy atom. The molecule has 0 amide bonds. The largest absolute Gasteiger partial charge is 0.481 e. The number of carboxylic acids is 1. The van der Waals surface area contributed by atoms with Gasteiger partial charge < -0.3 is 5.11 Å². The normalized spacial score (nSPS) is 11.5. The molecule has 1 aromatic carbocycles. The van der Waals surface area contributed by atoms with Crippen LogP contribution in [0.4, 0.5) is 0 Å². The molecular formula is C15H23O2Si. The highest BCUT2D eigenvalue weighted by molar-refractivity contribution is 6.75. The van der Waals surface area contributed by atoms with Gasteiger partial charge in [0.05, 0.1) is 8.80 Å². The van der Waals surface area contributed by atoms with E-state index in [0.29, 0.717) is 17.5 Å². The van der Waals surface area contributed by atoms with Crippen molar-refractivity contribution in [3.63, 3.8) is 0 Å². The topological polar surface area (TPSA) is 37.3 Å². The van der Waals surface area contributed by atoms with Gasteiger partial charge >= 0.3 is 5.97 Å². The number of carbonyl (C=O) groups is 1. The van der Waals surface area contributed by atoms with Crippen LogP contribution in [0, 0.1) is 0 Å². The Hall–Kier alpha value is -1.09. The molecule has 0 unspecified atom stereocenters. The van der Waals surface area contributed by atoms with Gasteiger partial charge in [0.25, 0.3) is 0 Å². The fraction of sp³-hybridized carbons (Fsp3) is 0.533. The molecule has 0 aromatic heterocycles. The molecule has 0 aliphatic rings. The fourth-order valence-electron chi connectivity index (χ4n) is 2.49. The fourth-order valence-corrected chi connectivity index (χ4v) is 5.80. The maximum absolute atomic E-state index is 10.6. The molecule has 0 saturated carbocycles. The highest BCUT2D eigenvalue weighted by Crippen LogP contribution is 2.20. The molecule has 0 bridgehead atoms. The van der Waals surface area contributed by atoms with Gasteiger partial charge in [-0.15, -0.1) is 0 Å². The Balaban J connectivity index is 2.89. The van der Waals surface area contributed by atoms with Crippen molar-refractivity contribution in [1.29, 1.82) is 0 Å². The van der Waals surface area contributed by atoms with Crippen molar-refractivity contribution >= 4 is 20.0 Å². The van der Waals surface area contributed by atoms with E-state index in [1.54, 1.807) is 0 Å². The van der Waals surface area contributed by atoms with E-state index in [1.165, 1.54) is 5.19 Å².